The summed E-state index contributed by atoms with van der Waals surface area (Å²) in [4.78, 5) is 0. The summed E-state index contributed by atoms with van der Waals surface area (Å²) >= 11 is 0. The smallest absolute Gasteiger partial charge is 0.162 e. The minimum atomic E-state index is -0.345. The van der Waals surface area contributed by atoms with Gasteiger partial charge in [-0.05, 0) is 41.5 Å². The van der Waals surface area contributed by atoms with Crippen LogP contribution in [0.4, 0.5) is 4.39 Å². The van der Waals surface area contributed by atoms with E-state index in [1.54, 1.807) is 36.4 Å². The van der Waals surface area contributed by atoms with Gasteiger partial charge < -0.3 is 9.47 Å². The molecule has 4 heteroatoms. The number of benzene rings is 2. The predicted molar refractivity (Wildman–Crippen MR) is 87.2 cm³/mol. The number of halogens is 1. The van der Waals surface area contributed by atoms with Crippen LogP contribution in [0.5, 0.6) is 11.5 Å². The van der Waals surface area contributed by atoms with E-state index in [2.05, 4.69) is 12.0 Å². The molecule has 2 aromatic rings. The Hall–Kier alpha value is -3.24. The van der Waals surface area contributed by atoms with Gasteiger partial charge in [-0.2, -0.15) is 5.26 Å². The molecule has 0 aliphatic rings. The fourth-order valence-electron chi connectivity index (χ4n) is 1.99. The van der Waals surface area contributed by atoms with Gasteiger partial charge in [-0.25, -0.2) is 4.39 Å². The van der Waals surface area contributed by atoms with Crippen LogP contribution in [-0.4, -0.2) is 13.7 Å². The van der Waals surface area contributed by atoms with Gasteiger partial charge in [0.05, 0.1) is 18.8 Å². The standard InChI is InChI=1S/C19H14FNO2/c1-3-10-23-18-9-4-14(12-19(18)22-2)11-16(13-21)15-5-7-17(20)8-6-15/h1,4-9,11-12H,10H2,2H3/b16-11+. The molecule has 0 radical (unpaired) electrons. The summed E-state index contributed by atoms with van der Waals surface area (Å²) in [6.07, 6.45) is 6.86. The van der Waals surface area contributed by atoms with Crippen LogP contribution in [-0.2, 0) is 0 Å². The van der Waals surface area contributed by atoms with Gasteiger partial charge in [-0.1, -0.05) is 24.1 Å². The Bertz CT molecular complexity index is 796. The third-order valence-corrected chi connectivity index (χ3v) is 3.09. The Morgan fingerprint density at radius 2 is 1.96 bits per heavy atom. The van der Waals surface area contributed by atoms with Gasteiger partial charge >= 0.3 is 0 Å². The Morgan fingerprint density at radius 3 is 2.57 bits per heavy atom. The molecule has 0 amide bonds. The first-order chi connectivity index (χ1) is 11.2. The number of terminal acetylenes is 1. The van der Waals surface area contributed by atoms with Crippen LogP contribution in [0.2, 0.25) is 0 Å². The fourth-order valence-corrected chi connectivity index (χ4v) is 1.99. The number of methoxy groups -OCH3 is 1. The second-order valence-electron chi connectivity index (χ2n) is 4.58. The number of ether oxygens (including phenoxy) is 2. The minimum absolute atomic E-state index is 0.143. The van der Waals surface area contributed by atoms with Crippen LogP contribution in [0.25, 0.3) is 11.6 Å². The molecule has 0 spiro atoms. The van der Waals surface area contributed by atoms with Crippen molar-refractivity contribution in [1.29, 1.82) is 5.26 Å². The van der Waals surface area contributed by atoms with Gasteiger partial charge in [0.15, 0.2) is 11.5 Å². The lowest BCUT2D eigenvalue weighted by atomic mass is 10.0. The van der Waals surface area contributed by atoms with Crippen molar-refractivity contribution in [2.24, 2.45) is 0 Å². The molecular formula is C19H14FNO2. The van der Waals surface area contributed by atoms with E-state index < -0.39 is 0 Å². The summed E-state index contributed by atoms with van der Waals surface area (Å²) in [5.41, 5.74) is 1.82. The van der Waals surface area contributed by atoms with Crippen molar-refractivity contribution in [3.63, 3.8) is 0 Å². The zero-order valence-corrected chi connectivity index (χ0v) is 12.5. The molecule has 0 N–H and O–H groups in total. The molecule has 0 atom stereocenters. The van der Waals surface area contributed by atoms with Crippen molar-refractivity contribution >= 4 is 11.6 Å². The summed E-state index contributed by atoms with van der Waals surface area (Å²) in [6, 6.07) is 13.1. The van der Waals surface area contributed by atoms with Gasteiger partial charge in [-0.15, -0.1) is 6.42 Å². The summed E-state index contributed by atoms with van der Waals surface area (Å²) in [5, 5.41) is 9.32. The molecule has 0 fully saturated rings. The lowest BCUT2D eigenvalue weighted by molar-refractivity contribution is 0.331. The van der Waals surface area contributed by atoms with Crippen LogP contribution in [0.3, 0.4) is 0 Å². The number of rotatable bonds is 5. The summed E-state index contributed by atoms with van der Waals surface area (Å²) in [5.74, 6) is 3.09. The van der Waals surface area contributed by atoms with E-state index in [-0.39, 0.29) is 12.4 Å². The van der Waals surface area contributed by atoms with Gasteiger partial charge in [0, 0.05) is 0 Å². The molecular weight excluding hydrogens is 293 g/mol. The Labute approximate surface area is 134 Å². The largest absolute Gasteiger partial charge is 0.493 e. The van der Waals surface area contributed by atoms with E-state index in [1.165, 1.54) is 19.2 Å². The predicted octanol–water partition coefficient (Wildman–Crippen LogP) is 3.91. The topological polar surface area (TPSA) is 42.2 Å². The lowest BCUT2D eigenvalue weighted by Gasteiger charge is -2.09. The van der Waals surface area contributed by atoms with Crippen LogP contribution in [0, 0.1) is 29.5 Å². The second-order valence-corrected chi connectivity index (χ2v) is 4.58. The van der Waals surface area contributed by atoms with Crippen molar-refractivity contribution in [3.8, 4) is 29.9 Å². The first-order valence-electron chi connectivity index (χ1n) is 6.80. The average molecular weight is 307 g/mol. The number of nitriles is 1. The maximum atomic E-state index is 13.0. The molecule has 114 valence electrons. The third kappa shape index (κ3) is 4.12. The van der Waals surface area contributed by atoms with Crippen LogP contribution >= 0.6 is 0 Å². The molecule has 0 aromatic heterocycles. The van der Waals surface area contributed by atoms with E-state index in [9.17, 15) is 9.65 Å². The van der Waals surface area contributed by atoms with E-state index in [0.29, 0.717) is 22.6 Å². The van der Waals surface area contributed by atoms with E-state index in [4.69, 9.17) is 15.9 Å². The van der Waals surface area contributed by atoms with Gasteiger partial charge in [-0.3, -0.25) is 0 Å². The first kappa shape index (κ1) is 16.1. The first-order valence-corrected chi connectivity index (χ1v) is 6.80. The van der Waals surface area contributed by atoms with Crippen molar-refractivity contribution in [1.82, 2.24) is 0 Å². The minimum Gasteiger partial charge on any atom is -0.493 e. The number of hydrogen-bond acceptors (Lipinski definition) is 3. The van der Waals surface area contributed by atoms with E-state index in [1.807, 2.05) is 0 Å². The summed E-state index contributed by atoms with van der Waals surface area (Å²) in [6.45, 7) is 0.143. The van der Waals surface area contributed by atoms with Crippen LogP contribution < -0.4 is 9.47 Å². The number of allylic oxidation sites excluding steroid dienone is 1. The van der Waals surface area contributed by atoms with Crippen molar-refractivity contribution in [2.45, 2.75) is 0 Å². The van der Waals surface area contributed by atoms with Crippen LogP contribution in [0.1, 0.15) is 11.1 Å². The maximum absolute atomic E-state index is 13.0. The number of nitrogens with zero attached hydrogens (tertiary/aromatic N) is 1. The van der Waals surface area contributed by atoms with Gasteiger partial charge in [0.2, 0.25) is 0 Å². The molecule has 3 nitrogen and oxygen atoms in total. The SMILES string of the molecule is C#CCOc1ccc(/C=C(\C#N)c2ccc(F)cc2)cc1OC. The summed E-state index contributed by atoms with van der Waals surface area (Å²) in [7, 11) is 1.52. The molecule has 0 aliphatic heterocycles. The molecule has 0 saturated heterocycles. The zero-order valence-electron chi connectivity index (χ0n) is 12.5. The summed E-state index contributed by atoms with van der Waals surface area (Å²) < 4.78 is 23.6. The Balaban J connectivity index is 2.35. The van der Waals surface area contributed by atoms with E-state index in [0.717, 1.165) is 5.56 Å². The van der Waals surface area contributed by atoms with Crippen LogP contribution in [0.15, 0.2) is 42.5 Å². The molecule has 2 rings (SSSR count). The monoisotopic (exact) mass is 307 g/mol. The molecule has 0 saturated carbocycles. The Morgan fingerprint density at radius 1 is 1.22 bits per heavy atom. The van der Waals surface area contributed by atoms with Gasteiger partial charge in [0.1, 0.15) is 12.4 Å². The quantitative estimate of drug-likeness (QED) is 0.478. The number of hydrogen-bond donors (Lipinski definition) is 0. The molecule has 0 aliphatic carbocycles. The highest BCUT2D eigenvalue weighted by molar-refractivity contribution is 5.89. The molecule has 0 bridgehead atoms. The molecule has 2 aromatic carbocycles. The normalized spacial score (nSPS) is 10.5. The average Bonchev–Trinajstić information content (AvgIpc) is 2.59. The molecule has 0 heterocycles. The highest BCUT2D eigenvalue weighted by atomic mass is 19.1. The fraction of sp³-hybridized carbons (Fsp3) is 0.105. The van der Waals surface area contributed by atoms with Crippen molar-refractivity contribution in [3.05, 3.63) is 59.4 Å². The van der Waals surface area contributed by atoms with Crippen molar-refractivity contribution in [2.75, 3.05) is 13.7 Å². The lowest BCUT2D eigenvalue weighted by Crippen LogP contribution is -1.96. The van der Waals surface area contributed by atoms with Gasteiger partial charge in [0.25, 0.3) is 0 Å². The highest BCUT2D eigenvalue weighted by Crippen LogP contribution is 2.29. The van der Waals surface area contributed by atoms with E-state index >= 15 is 0 Å². The maximum Gasteiger partial charge on any atom is 0.162 e. The molecule has 23 heavy (non-hydrogen) atoms. The molecule has 0 unspecified atom stereocenters. The second kappa shape index (κ2) is 7.68. The highest BCUT2D eigenvalue weighted by Gasteiger charge is 2.06. The Kier molecular flexibility index (Phi) is 5.39. The third-order valence-electron chi connectivity index (χ3n) is 3.09. The van der Waals surface area contributed by atoms with Crippen molar-refractivity contribution < 1.29 is 13.9 Å². The zero-order chi connectivity index (χ0) is 16.7.